The van der Waals surface area contributed by atoms with E-state index >= 15 is 0 Å². The van der Waals surface area contributed by atoms with Gasteiger partial charge in [-0.05, 0) is 30.3 Å². The summed E-state index contributed by atoms with van der Waals surface area (Å²) in [6.45, 7) is 0.184. The summed E-state index contributed by atoms with van der Waals surface area (Å²) in [6, 6.07) is 9.09. The number of sulfonamides is 1. The van der Waals surface area contributed by atoms with E-state index in [0.29, 0.717) is 11.8 Å². The number of hydrogen-bond acceptors (Lipinski definition) is 4. The Morgan fingerprint density at radius 1 is 1.00 bits per heavy atom. The number of alkyl halides is 3. The molecule has 0 N–H and O–H groups in total. The first-order valence-electron chi connectivity index (χ1n) is 9.41. The van der Waals surface area contributed by atoms with Gasteiger partial charge in [0.1, 0.15) is 11.6 Å². The Hall–Kier alpha value is -2.66. The highest BCUT2D eigenvalue weighted by Crippen LogP contribution is 2.31. The number of ether oxygens (including phenoxy) is 1. The number of carbonyl (C=O) groups is 1. The largest absolute Gasteiger partial charge is 0.493 e. The number of piperazine rings is 1. The lowest BCUT2D eigenvalue weighted by Crippen LogP contribution is -2.50. The maximum atomic E-state index is 13.1. The summed E-state index contributed by atoms with van der Waals surface area (Å²) in [5.41, 5.74) is -1.04. The third kappa shape index (κ3) is 5.73. The van der Waals surface area contributed by atoms with E-state index in [1.807, 2.05) is 0 Å². The summed E-state index contributed by atoms with van der Waals surface area (Å²) in [5, 5.41) is 0. The van der Waals surface area contributed by atoms with Crippen LogP contribution in [0.1, 0.15) is 12.0 Å². The van der Waals surface area contributed by atoms with Crippen molar-refractivity contribution in [1.82, 2.24) is 9.21 Å². The second-order valence-corrected chi connectivity index (χ2v) is 8.80. The van der Waals surface area contributed by atoms with Gasteiger partial charge in [-0.3, -0.25) is 4.79 Å². The van der Waals surface area contributed by atoms with Crippen molar-refractivity contribution in [3.63, 3.8) is 0 Å². The van der Waals surface area contributed by atoms with Gasteiger partial charge in [-0.15, -0.1) is 0 Å². The number of halogens is 4. The molecule has 3 rings (SSSR count). The summed E-state index contributed by atoms with van der Waals surface area (Å²) in [4.78, 5) is 13.3. The van der Waals surface area contributed by atoms with Crippen molar-refractivity contribution in [3.05, 3.63) is 59.9 Å². The average molecular weight is 460 g/mol. The van der Waals surface area contributed by atoms with Crippen LogP contribution >= 0.6 is 0 Å². The van der Waals surface area contributed by atoms with Crippen LogP contribution in [-0.2, 0) is 21.0 Å². The lowest BCUT2D eigenvalue weighted by atomic mass is 10.2. The van der Waals surface area contributed by atoms with Gasteiger partial charge in [0.05, 0.1) is 23.5 Å². The SMILES string of the molecule is O=C(CCOc1cccc(F)c1)N1CCN(S(=O)(=O)c2cccc(C(F)(F)F)c2)CC1. The van der Waals surface area contributed by atoms with E-state index in [9.17, 15) is 30.8 Å². The fourth-order valence-electron chi connectivity index (χ4n) is 3.13. The Labute approximate surface area is 177 Å². The van der Waals surface area contributed by atoms with Crippen LogP contribution in [0.15, 0.2) is 53.4 Å². The smallest absolute Gasteiger partial charge is 0.416 e. The van der Waals surface area contributed by atoms with Gasteiger partial charge in [0.2, 0.25) is 15.9 Å². The molecule has 1 heterocycles. The minimum atomic E-state index is -4.65. The first kappa shape index (κ1) is 23.0. The molecular weight excluding hydrogens is 440 g/mol. The van der Waals surface area contributed by atoms with Crippen molar-refractivity contribution in [2.24, 2.45) is 0 Å². The first-order chi connectivity index (χ1) is 14.6. The number of benzene rings is 2. The van der Waals surface area contributed by atoms with Crippen molar-refractivity contribution in [2.75, 3.05) is 32.8 Å². The Balaban J connectivity index is 1.54. The maximum Gasteiger partial charge on any atom is 0.416 e. The molecular formula is C20H20F4N2O4S. The number of hydrogen-bond donors (Lipinski definition) is 0. The molecule has 0 spiro atoms. The van der Waals surface area contributed by atoms with Gasteiger partial charge in [0.25, 0.3) is 0 Å². The van der Waals surface area contributed by atoms with Gasteiger partial charge in [0.15, 0.2) is 0 Å². The Bertz CT molecular complexity index is 1040. The summed E-state index contributed by atoms with van der Waals surface area (Å²) in [6.07, 6.45) is -4.62. The molecule has 1 fully saturated rings. The quantitative estimate of drug-likeness (QED) is 0.622. The predicted molar refractivity (Wildman–Crippen MR) is 103 cm³/mol. The standard InChI is InChI=1S/C20H20F4N2O4S/c21-16-4-2-5-17(14-16)30-12-7-19(27)25-8-10-26(11-9-25)31(28,29)18-6-1-3-15(13-18)20(22,23)24/h1-6,13-14H,7-12H2. The highest BCUT2D eigenvalue weighted by molar-refractivity contribution is 7.89. The molecule has 1 aliphatic heterocycles. The number of amides is 1. The number of rotatable bonds is 6. The van der Waals surface area contributed by atoms with E-state index in [-0.39, 0.29) is 45.1 Å². The monoisotopic (exact) mass is 460 g/mol. The molecule has 0 aromatic heterocycles. The number of carbonyl (C=O) groups excluding carboxylic acids is 1. The molecule has 2 aromatic carbocycles. The molecule has 1 amide bonds. The summed E-state index contributed by atoms with van der Waals surface area (Å²) in [5.74, 6) is -0.417. The van der Waals surface area contributed by atoms with Crippen LogP contribution in [-0.4, -0.2) is 56.3 Å². The van der Waals surface area contributed by atoms with Crippen LogP contribution in [0.2, 0.25) is 0 Å². The van der Waals surface area contributed by atoms with E-state index in [1.165, 1.54) is 23.1 Å². The molecule has 11 heteroatoms. The lowest BCUT2D eigenvalue weighted by molar-refractivity contribution is -0.137. The predicted octanol–water partition coefficient (Wildman–Crippen LogP) is 3.15. The minimum Gasteiger partial charge on any atom is -0.493 e. The van der Waals surface area contributed by atoms with Gasteiger partial charge in [-0.1, -0.05) is 12.1 Å². The summed E-state index contributed by atoms with van der Waals surface area (Å²) in [7, 11) is -4.12. The van der Waals surface area contributed by atoms with Crippen LogP contribution in [0.4, 0.5) is 17.6 Å². The van der Waals surface area contributed by atoms with Crippen LogP contribution in [0.3, 0.4) is 0 Å². The van der Waals surface area contributed by atoms with Gasteiger partial charge in [-0.25, -0.2) is 12.8 Å². The molecule has 0 bridgehead atoms. The zero-order valence-corrected chi connectivity index (χ0v) is 17.1. The zero-order valence-electron chi connectivity index (χ0n) is 16.3. The molecule has 0 aliphatic carbocycles. The number of nitrogens with zero attached hydrogens (tertiary/aromatic N) is 2. The van der Waals surface area contributed by atoms with Crippen LogP contribution in [0.25, 0.3) is 0 Å². The Morgan fingerprint density at radius 2 is 1.68 bits per heavy atom. The van der Waals surface area contributed by atoms with E-state index in [2.05, 4.69) is 0 Å². The third-order valence-corrected chi connectivity index (χ3v) is 6.67. The normalized spacial score (nSPS) is 15.7. The van der Waals surface area contributed by atoms with Gasteiger partial charge < -0.3 is 9.64 Å². The van der Waals surface area contributed by atoms with Crippen molar-refractivity contribution in [2.45, 2.75) is 17.5 Å². The van der Waals surface area contributed by atoms with E-state index in [1.54, 1.807) is 6.07 Å². The average Bonchev–Trinajstić information content (AvgIpc) is 2.73. The summed E-state index contributed by atoms with van der Waals surface area (Å²) < 4.78 is 83.6. The summed E-state index contributed by atoms with van der Waals surface area (Å²) >= 11 is 0. The van der Waals surface area contributed by atoms with Gasteiger partial charge in [-0.2, -0.15) is 17.5 Å². The Kier molecular flexibility index (Phi) is 6.85. The van der Waals surface area contributed by atoms with E-state index in [4.69, 9.17) is 4.74 Å². The maximum absolute atomic E-state index is 13.1. The van der Waals surface area contributed by atoms with Crippen molar-refractivity contribution in [3.8, 4) is 5.75 Å². The van der Waals surface area contributed by atoms with Crippen LogP contribution < -0.4 is 4.74 Å². The molecule has 6 nitrogen and oxygen atoms in total. The van der Waals surface area contributed by atoms with Crippen molar-refractivity contribution in [1.29, 1.82) is 0 Å². The molecule has 0 atom stereocenters. The Morgan fingerprint density at radius 3 is 2.32 bits per heavy atom. The zero-order chi connectivity index (χ0) is 22.6. The van der Waals surface area contributed by atoms with Crippen LogP contribution in [0, 0.1) is 5.82 Å². The highest BCUT2D eigenvalue weighted by atomic mass is 32.2. The fraction of sp³-hybridized carbons (Fsp3) is 0.350. The highest BCUT2D eigenvalue weighted by Gasteiger charge is 2.34. The van der Waals surface area contributed by atoms with Gasteiger partial charge in [0, 0.05) is 32.2 Å². The topological polar surface area (TPSA) is 66.9 Å². The van der Waals surface area contributed by atoms with Gasteiger partial charge >= 0.3 is 6.18 Å². The first-order valence-corrected chi connectivity index (χ1v) is 10.8. The molecule has 0 saturated carbocycles. The third-order valence-electron chi connectivity index (χ3n) is 4.77. The second kappa shape index (κ2) is 9.23. The molecule has 168 valence electrons. The molecule has 1 aliphatic rings. The molecule has 0 unspecified atom stereocenters. The second-order valence-electron chi connectivity index (χ2n) is 6.87. The fourth-order valence-corrected chi connectivity index (χ4v) is 4.60. The van der Waals surface area contributed by atoms with E-state index in [0.717, 1.165) is 22.5 Å². The molecule has 2 aromatic rings. The van der Waals surface area contributed by atoms with E-state index < -0.39 is 32.5 Å². The van der Waals surface area contributed by atoms with Crippen molar-refractivity contribution >= 4 is 15.9 Å². The molecule has 1 saturated heterocycles. The van der Waals surface area contributed by atoms with Crippen molar-refractivity contribution < 1.29 is 35.5 Å². The van der Waals surface area contributed by atoms with Crippen LogP contribution in [0.5, 0.6) is 5.75 Å². The molecule has 0 radical (unpaired) electrons. The lowest BCUT2D eigenvalue weighted by Gasteiger charge is -2.34. The minimum absolute atomic E-state index is 0.0247. The molecule has 31 heavy (non-hydrogen) atoms.